The second kappa shape index (κ2) is 6.92. The highest BCUT2D eigenvalue weighted by Gasteiger charge is 2.35. The first-order valence-electron chi connectivity index (χ1n) is 8.64. The Morgan fingerprint density at radius 2 is 1.91 bits per heavy atom. The second-order valence-corrected chi connectivity index (χ2v) is 6.44. The number of anilines is 1. The van der Waals surface area contributed by atoms with Gasteiger partial charge in [0.25, 0.3) is 0 Å². The van der Waals surface area contributed by atoms with Crippen LogP contribution in [0, 0.1) is 5.92 Å². The normalized spacial score (nSPS) is 26.6. The molecule has 0 amide bonds. The van der Waals surface area contributed by atoms with Crippen LogP contribution in [-0.4, -0.2) is 60.3 Å². The first kappa shape index (κ1) is 15.7. The van der Waals surface area contributed by atoms with Crippen LogP contribution in [-0.2, 0) is 17.6 Å². The number of ether oxygens (including phenoxy) is 1. The molecule has 2 aliphatic heterocycles. The second-order valence-electron chi connectivity index (χ2n) is 6.44. The van der Waals surface area contributed by atoms with Crippen molar-refractivity contribution < 1.29 is 4.74 Å². The Hall–Kier alpha value is -1.20. The summed E-state index contributed by atoms with van der Waals surface area (Å²) in [6, 6.07) is 2.79. The van der Waals surface area contributed by atoms with Gasteiger partial charge in [0.05, 0.1) is 13.2 Å². The SMILES string of the molecule is CCc1cc(N2CC(C)C(N3CCOCC3)C2)nc(CC)n1. The Bertz CT molecular complexity index is 479. The largest absolute Gasteiger partial charge is 0.379 e. The van der Waals surface area contributed by atoms with Crippen molar-refractivity contribution >= 4 is 5.82 Å². The number of hydrogen-bond acceptors (Lipinski definition) is 5. The van der Waals surface area contributed by atoms with E-state index in [2.05, 4.69) is 41.6 Å². The minimum Gasteiger partial charge on any atom is -0.379 e. The summed E-state index contributed by atoms with van der Waals surface area (Å²) >= 11 is 0. The molecule has 1 aromatic heterocycles. The number of rotatable bonds is 4. The third-order valence-electron chi connectivity index (χ3n) is 4.90. The summed E-state index contributed by atoms with van der Waals surface area (Å²) in [5.74, 6) is 2.76. The van der Waals surface area contributed by atoms with Gasteiger partial charge in [-0.25, -0.2) is 9.97 Å². The van der Waals surface area contributed by atoms with E-state index in [0.29, 0.717) is 12.0 Å². The zero-order valence-electron chi connectivity index (χ0n) is 14.1. The van der Waals surface area contributed by atoms with Gasteiger partial charge in [-0.2, -0.15) is 0 Å². The Kier molecular flexibility index (Phi) is 4.93. The molecule has 3 heterocycles. The molecule has 2 atom stereocenters. The van der Waals surface area contributed by atoms with Crippen LogP contribution in [0.4, 0.5) is 5.82 Å². The third-order valence-corrected chi connectivity index (χ3v) is 4.90. The summed E-state index contributed by atoms with van der Waals surface area (Å²) in [4.78, 5) is 14.4. The first-order valence-corrected chi connectivity index (χ1v) is 8.64. The Labute approximate surface area is 133 Å². The molecule has 2 unspecified atom stereocenters. The molecule has 0 radical (unpaired) electrons. The first-order chi connectivity index (χ1) is 10.7. The average molecular weight is 304 g/mol. The Morgan fingerprint density at radius 1 is 1.14 bits per heavy atom. The maximum atomic E-state index is 5.49. The van der Waals surface area contributed by atoms with Crippen LogP contribution in [0.1, 0.15) is 32.3 Å². The van der Waals surface area contributed by atoms with E-state index in [-0.39, 0.29) is 0 Å². The van der Waals surface area contributed by atoms with Crippen molar-refractivity contribution in [1.29, 1.82) is 0 Å². The van der Waals surface area contributed by atoms with Crippen LogP contribution in [0.15, 0.2) is 6.07 Å². The van der Waals surface area contributed by atoms with Crippen molar-refractivity contribution in [3.63, 3.8) is 0 Å². The lowest BCUT2D eigenvalue weighted by molar-refractivity contribution is 0.0134. The van der Waals surface area contributed by atoms with Gasteiger partial charge < -0.3 is 9.64 Å². The van der Waals surface area contributed by atoms with E-state index in [1.54, 1.807) is 0 Å². The smallest absolute Gasteiger partial charge is 0.132 e. The molecule has 1 aromatic rings. The summed E-state index contributed by atoms with van der Waals surface area (Å²) in [5, 5.41) is 0. The quantitative estimate of drug-likeness (QED) is 0.848. The molecule has 0 spiro atoms. The van der Waals surface area contributed by atoms with E-state index in [4.69, 9.17) is 9.72 Å². The zero-order chi connectivity index (χ0) is 15.5. The van der Waals surface area contributed by atoms with Crippen molar-refractivity contribution in [3.8, 4) is 0 Å². The zero-order valence-corrected chi connectivity index (χ0v) is 14.1. The van der Waals surface area contributed by atoms with Crippen LogP contribution in [0.25, 0.3) is 0 Å². The van der Waals surface area contributed by atoms with E-state index >= 15 is 0 Å². The van der Waals surface area contributed by atoms with Crippen LogP contribution >= 0.6 is 0 Å². The van der Waals surface area contributed by atoms with Gasteiger partial charge in [-0.3, -0.25) is 4.90 Å². The minimum absolute atomic E-state index is 0.619. The van der Waals surface area contributed by atoms with Crippen molar-refractivity contribution in [1.82, 2.24) is 14.9 Å². The molecule has 2 saturated heterocycles. The van der Waals surface area contributed by atoms with E-state index in [0.717, 1.165) is 69.6 Å². The van der Waals surface area contributed by atoms with Gasteiger partial charge in [-0.15, -0.1) is 0 Å². The highest BCUT2D eigenvalue weighted by Crippen LogP contribution is 2.27. The summed E-state index contributed by atoms with van der Waals surface area (Å²) < 4.78 is 5.49. The fraction of sp³-hybridized carbons (Fsp3) is 0.765. The lowest BCUT2D eigenvalue weighted by atomic mass is 10.0. The molecule has 0 bridgehead atoms. The highest BCUT2D eigenvalue weighted by atomic mass is 16.5. The van der Waals surface area contributed by atoms with Crippen LogP contribution in [0.5, 0.6) is 0 Å². The molecule has 0 N–H and O–H groups in total. The summed E-state index contributed by atoms with van der Waals surface area (Å²) in [6.45, 7) is 12.7. The Morgan fingerprint density at radius 3 is 2.59 bits per heavy atom. The number of aryl methyl sites for hydroxylation is 2. The van der Waals surface area contributed by atoms with Gasteiger partial charge in [0.15, 0.2) is 0 Å². The van der Waals surface area contributed by atoms with E-state index < -0.39 is 0 Å². The number of morpholine rings is 1. The van der Waals surface area contributed by atoms with E-state index in [1.165, 1.54) is 0 Å². The van der Waals surface area contributed by atoms with Crippen LogP contribution in [0.2, 0.25) is 0 Å². The molecule has 22 heavy (non-hydrogen) atoms. The number of aromatic nitrogens is 2. The summed E-state index contributed by atoms with van der Waals surface area (Å²) in [5.41, 5.74) is 1.16. The van der Waals surface area contributed by atoms with Crippen molar-refractivity contribution in [2.24, 2.45) is 5.92 Å². The van der Waals surface area contributed by atoms with Crippen LogP contribution in [0.3, 0.4) is 0 Å². The van der Waals surface area contributed by atoms with Gasteiger partial charge in [-0.1, -0.05) is 20.8 Å². The van der Waals surface area contributed by atoms with Crippen LogP contribution < -0.4 is 4.90 Å². The van der Waals surface area contributed by atoms with Gasteiger partial charge in [-0.05, 0) is 12.3 Å². The molecule has 2 aliphatic rings. The average Bonchev–Trinajstić information content (AvgIpc) is 2.97. The lowest BCUT2D eigenvalue weighted by Gasteiger charge is -2.34. The maximum Gasteiger partial charge on any atom is 0.132 e. The number of hydrogen-bond donors (Lipinski definition) is 0. The molecule has 5 nitrogen and oxygen atoms in total. The molecular weight excluding hydrogens is 276 g/mol. The lowest BCUT2D eigenvalue weighted by Crippen LogP contribution is -2.46. The molecule has 2 fully saturated rings. The topological polar surface area (TPSA) is 41.5 Å². The minimum atomic E-state index is 0.619. The van der Waals surface area contributed by atoms with E-state index in [9.17, 15) is 0 Å². The highest BCUT2D eigenvalue weighted by molar-refractivity contribution is 5.42. The van der Waals surface area contributed by atoms with Gasteiger partial charge in [0.1, 0.15) is 11.6 Å². The monoisotopic (exact) mass is 304 g/mol. The predicted molar refractivity (Wildman–Crippen MR) is 88.3 cm³/mol. The fourth-order valence-corrected chi connectivity index (χ4v) is 3.56. The molecular formula is C17H28N4O. The molecule has 3 rings (SSSR count). The van der Waals surface area contributed by atoms with Gasteiger partial charge in [0.2, 0.25) is 0 Å². The van der Waals surface area contributed by atoms with Crippen molar-refractivity contribution in [3.05, 3.63) is 17.6 Å². The number of nitrogens with zero attached hydrogens (tertiary/aromatic N) is 4. The molecule has 0 aromatic carbocycles. The standard InChI is InChI=1S/C17H28N4O/c1-4-14-10-17(19-16(5-2)18-14)21-11-13(3)15(12-21)20-6-8-22-9-7-20/h10,13,15H,4-9,11-12H2,1-3H3. The fourth-order valence-electron chi connectivity index (χ4n) is 3.56. The molecule has 5 heteroatoms. The molecule has 0 aliphatic carbocycles. The van der Waals surface area contributed by atoms with Crippen molar-refractivity contribution in [2.75, 3.05) is 44.3 Å². The molecule has 122 valence electrons. The summed E-state index contributed by atoms with van der Waals surface area (Å²) in [6.07, 6.45) is 1.87. The summed E-state index contributed by atoms with van der Waals surface area (Å²) in [7, 11) is 0. The maximum absolute atomic E-state index is 5.49. The van der Waals surface area contributed by atoms with Gasteiger partial charge in [0, 0.05) is 50.4 Å². The predicted octanol–water partition coefficient (Wildman–Crippen LogP) is 1.76. The molecule has 0 saturated carbocycles. The van der Waals surface area contributed by atoms with Crippen molar-refractivity contribution in [2.45, 2.75) is 39.7 Å². The third kappa shape index (κ3) is 3.25. The Balaban J connectivity index is 1.75. The van der Waals surface area contributed by atoms with E-state index in [1.807, 2.05) is 0 Å². The van der Waals surface area contributed by atoms with Gasteiger partial charge >= 0.3 is 0 Å².